The molecule has 110 valence electrons. The van der Waals surface area contributed by atoms with Crippen molar-refractivity contribution in [3.8, 4) is 0 Å². The molecule has 1 aliphatic rings. The van der Waals surface area contributed by atoms with Crippen LogP contribution in [0.4, 0.5) is 17.1 Å². The summed E-state index contributed by atoms with van der Waals surface area (Å²) in [5, 5.41) is 0.790. The molecule has 21 heavy (non-hydrogen) atoms. The standard InChI is InChI=1S/C17H20ClN3/c1-13-4-2-7-16(17(13)19)21-10-8-20(9-11-21)15-6-3-5-14(18)12-15/h2-7,12H,8-11,19H2,1H3. The lowest BCUT2D eigenvalue weighted by molar-refractivity contribution is 0.654. The summed E-state index contributed by atoms with van der Waals surface area (Å²) in [6.07, 6.45) is 0. The smallest absolute Gasteiger partial charge is 0.0603 e. The Kier molecular flexibility index (Phi) is 3.93. The molecule has 0 atom stereocenters. The van der Waals surface area contributed by atoms with Crippen LogP contribution in [0.5, 0.6) is 0 Å². The van der Waals surface area contributed by atoms with Gasteiger partial charge in [-0.05, 0) is 36.8 Å². The van der Waals surface area contributed by atoms with E-state index in [9.17, 15) is 0 Å². The van der Waals surface area contributed by atoms with Crippen molar-refractivity contribution in [3.05, 3.63) is 53.1 Å². The Morgan fingerprint density at radius 3 is 2.33 bits per heavy atom. The third-order valence-electron chi connectivity index (χ3n) is 4.09. The number of para-hydroxylation sites is 1. The van der Waals surface area contributed by atoms with Crippen molar-refractivity contribution >= 4 is 28.7 Å². The zero-order valence-corrected chi connectivity index (χ0v) is 13.0. The molecule has 2 N–H and O–H groups in total. The van der Waals surface area contributed by atoms with Gasteiger partial charge in [0.2, 0.25) is 0 Å². The minimum atomic E-state index is 0.790. The van der Waals surface area contributed by atoms with Crippen LogP contribution < -0.4 is 15.5 Å². The fourth-order valence-corrected chi connectivity index (χ4v) is 3.00. The molecule has 0 aromatic heterocycles. The van der Waals surface area contributed by atoms with Gasteiger partial charge in [0.1, 0.15) is 0 Å². The van der Waals surface area contributed by atoms with E-state index in [1.807, 2.05) is 18.2 Å². The van der Waals surface area contributed by atoms with E-state index in [2.05, 4.69) is 41.0 Å². The van der Waals surface area contributed by atoms with Crippen LogP contribution in [-0.2, 0) is 0 Å². The number of benzene rings is 2. The Hall–Kier alpha value is -1.87. The minimum absolute atomic E-state index is 0.790. The largest absolute Gasteiger partial charge is 0.397 e. The number of aryl methyl sites for hydroxylation is 1. The van der Waals surface area contributed by atoms with Gasteiger partial charge in [-0.2, -0.15) is 0 Å². The Labute approximate surface area is 130 Å². The van der Waals surface area contributed by atoms with Crippen LogP contribution in [0.1, 0.15) is 5.56 Å². The molecule has 3 nitrogen and oxygen atoms in total. The lowest BCUT2D eigenvalue weighted by atomic mass is 10.1. The number of nitrogens with two attached hydrogens (primary N) is 1. The predicted octanol–water partition coefficient (Wildman–Crippen LogP) is 3.56. The summed E-state index contributed by atoms with van der Waals surface area (Å²) in [7, 11) is 0. The first-order valence-electron chi connectivity index (χ1n) is 7.26. The maximum Gasteiger partial charge on any atom is 0.0603 e. The zero-order valence-electron chi connectivity index (χ0n) is 12.2. The van der Waals surface area contributed by atoms with Crippen molar-refractivity contribution < 1.29 is 0 Å². The quantitative estimate of drug-likeness (QED) is 0.861. The summed E-state index contributed by atoms with van der Waals surface area (Å²) in [6, 6.07) is 14.3. The average Bonchev–Trinajstić information content (AvgIpc) is 2.50. The summed E-state index contributed by atoms with van der Waals surface area (Å²) in [5.74, 6) is 0. The lowest BCUT2D eigenvalue weighted by Crippen LogP contribution is -2.46. The van der Waals surface area contributed by atoms with Gasteiger partial charge in [-0.15, -0.1) is 0 Å². The Morgan fingerprint density at radius 2 is 1.62 bits per heavy atom. The Morgan fingerprint density at radius 1 is 0.952 bits per heavy atom. The first-order chi connectivity index (χ1) is 10.1. The van der Waals surface area contributed by atoms with E-state index in [4.69, 9.17) is 17.3 Å². The number of anilines is 3. The summed E-state index contributed by atoms with van der Waals surface area (Å²) in [5.41, 5.74) is 10.6. The molecule has 0 aliphatic carbocycles. The predicted molar refractivity (Wildman–Crippen MR) is 91.5 cm³/mol. The van der Waals surface area contributed by atoms with E-state index in [1.165, 1.54) is 5.69 Å². The number of piperazine rings is 1. The molecule has 0 amide bonds. The third-order valence-corrected chi connectivity index (χ3v) is 4.33. The van der Waals surface area contributed by atoms with Gasteiger partial charge in [-0.25, -0.2) is 0 Å². The monoisotopic (exact) mass is 301 g/mol. The third kappa shape index (κ3) is 2.93. The highest BCUT2D eigenvalue weighted by atomic mass is 35.5. The number of rotatable bonds is 2. The van der Waals surface area contributed by atoms with Gasteiger partial charge in [-0.1, -0.05) is 29.8 Å². The highest BCUT2D eigenvalue weighted by Crippen LogP contribution is 2.28. The lowest BCUT2D eigenvalue weighted by Gasteiger charge is -2.38. The summed E-state index contributed by atoms with van der Waals surface area (Å²) in [6.45, 7) is 5.96. The molecule has 2 aromatic rings. The first-order valence-corrected chi connectivity index (χ1v) is 7.63. The molecule has 0 bridgehead atoms. The second-order valence-corrected chi connectivity index (χ2v) is 5.90. The van der Waals surface area contributed by atoms with Crippen molar-refractivity contribution in [3.63, 3.8) is 0 Å². The molecule has 2 aromatic carbocycles. The first kappa shape index (κ1) is 14.1. The van der Waals surface area contributed by atoms with Gasteiger partial charge in [0.25, 0.3) is 0 Å². The van der Waals surface area contributed by atoms with Gasteiger partial charge < -0.3 is 15.5 Å². The molecule has 0 saturated carbocycles. The van der Waals surface area contributed by atoms with Crippen molar-refractivity contribution in [1.82, 2.24) is 0 Å². The molecule has 4 heteroatoms. The van der Waals surface area contributed by atoms with Gasteiger partial charge in [0.05, 0.1) is 11.4 Å². The summed E-state index contributed by atoms with van der Waals surface area (Å²) in [4.78, 5) is 4.73. The molecule has 1 saturated heterocycles. The minimum Gasteiger partial charge on any atom is -0.397 e. The van der Waals surface area contributed by atoms with Crippen molar-refractivity contribution in [1.29, 1.82) is 0 Å². The molecular weight excluding hydrogens is 282 g/mol. The molecule has 0 spiro atoms. The van der Waals surface area contributed by atoms with Gasteiger partial charge in [0.15, 0.2) is 0 Å². The topological polar surface area (TPSA) is 32.5 Å². The van der Waals surface area contributed by atoms with Gasteiger partial charge in [-0.3, -0.25) is 0 Å². The second-order valence-electron chi connectivity index (χ2n) is 5.46. The molecule has 0 unspecified atom stereocenters. The van der Waals surface area contributed by atoms with Crippen LogP contribution in [-0.4, -0.2) is 26.2 Å². The molecule has 0 radical (unpaired) electrons. The van der Waals surface area contributed by atoms with Crippen molar-refractivity contribution in [2.75, 3.05) is 41.7 Å². The number of nitrogens with zero attached hydrogens (tertiary/aromatic N) is 2. The van der Waals surface area contributed by atoms with Crippen LogP contribution in [0, 0.1) is 6.92 Å². The number of hydrogen-bond acceptors (Lipinski definition) is 3. The van der Waals surface area contributed by atoms with E-state index in [0.29, 0.717) is 0 Å². The number of nitrogen functional groups attached to an aromatic ring is 1. The fraction of sp³-hybridized carbons (Fsp3) is 0.294. The van der Waals surface area contributed by atoms with Crippen LogP contribution in [0.2, 0.25) is 5.02 Å². The van der Waals surface area contributed by atoms with E-state index in [0.717, 1.165) is 48.1 Å². The zero-order chi connectivity index (χ0) is 14.8. The SMILES string of the molecule is Cc1cccc(N2CCN(c3cccc(Cl)c3)CC2)c1N. The molecular formula is C17H20ClN3. The van der Waals surface area contributed by atoms with Gasteiger partial charge >= 0.3 is 0 Å². The van der Waals surface area contributed by atoms with Gasteiger partial charge in [0, 0.05) is 36.9 Å². The number of hydrogen-bond donors (Lipinski definition) is 1. The van der Waals surface area contributed by atoms with E-state index >= 15 is 0 Å². The number of halogens is 1. The van der Waals surface area contributed by atoms with E-state index in [1.54, 1.807) is 0 Å². The van der Waals surface area contributed by atoms with Crippen molar-refractivity contribution in [2.45, 2.75) is 6.92 Å². The normalized spacial score (nSPS) is 15.3. The molecule has 1 fully saturated rings. The van der Waals surface area contributed by atoms with E-state index in [-0.39, 0.29) is 0 Å². The maximum absolute atomic E-state index is 6.21. The van der Waals surface area contributed by atoms with E-state index < -0.39 is 0 Å². The molecule has 3 rings (SSSR count). The average molecular weight is 302 g/mol. The van der Waals surface area contributed by atoms with Crippen molar-refractivity contribution in [2.24, 2.45) is 0 Å². The van der Waals surface area contributed by atoms with Crippen LogP contribution in [0.15, 0.2) is 42.5 Å². The highest BCUT2D eigenvalue weighted by Gasteiger charge is 2.19. The molecule has 1 aliphatic heterocycles. The molecule has 1 heterocycles. The van der Waals surface area contributed by atoms with Crippen LogP contribution in [0.25, 0.3) is 0 Å². The second kappa shape index (κ2) is 5.86. The van der Waals surface area contributed by atoms with Crippen LogP contribution in [0.3, 0.4) is 0 Å². The Bertz CT molecular complexity index is 634. The maximum atomic E-state index is 6.21. The van der Waals surface area contributed by atoms with Crippen LogP contribution >= 0.6 is 11.6 Å². The Balaban J connectivity index is 1.72. The fourth-order valence-electron chi connectivity index (χ4n) is 2.82. The highest BCUT2D eigenvalue weighted by molar-refractivity contribution is 6.30. The summed E-state index contributed by atoms with van der Waals surface area (Å²) < 4.78 is 0. The summed E-state index contributed by atoms with van der Waals surface area (Å²) >= 11 is 6.07.